The first kappa shape index (κ1) is 20.6. The fraction of sp³-hybridized carbons (Fsp3) is 0.938. The summed E-state index contributed by atoms with van der Waals surface area (Å²) in [5.41, 5.74) is 0. The summed E-state index contributed by atoms with van der Waals surface area (Å²) in [7, 11) is -3.47. The van der Waals surface area contributed by atoms with Crippen molar-refractivity contribution < 1.29 is 17.9 Å². The van der Waals surface area contributed by atoms with Crippen LogP contribution in [0, 0.1) is 0 Å². The van der Waals surface area contributed by atoms with Crippen LogP contribution in [0.4, 0.5) is 0 Å². The predicted molar refractivity (Wildman–Crippen MR) is 96.4 cm³/mol. The summed E-state index contributed by atoms with van der Waals surface area (Å²) in [6, 6.07) is 0.166. The summed E-state index contributed by atoms with van der Waals surface area (Å²) in [6.45, 7) is 10.9. The van der Waals surface area contributed by atoms with E-state index in [4.69, 9.17) is 4.74 Å². The number of piperazine rings is 1. The smallest absolute Gasteiger partial charge is 0.282 e. The summed E-state index contributed by atoms with van der Waals surface area (Å²) in [5.74, 6) is 0.00138. The number of nitrogens with one attached hydrogen (secondary N) is 1. The number of carbonyl (C=O) groups excluding carboxylic acids is 1. The Morgan fingerprint density at radius 2 is 1.68 bits per heavy atom. The predicted octanol–water partition coefficient (Wildman–Crippen LogP) is -0.127. The van der Waals surface area contributed by atoms with Crippen LogP contribution < -0.4 is 5.32 Å². The maximum Gasteiger partial charge on any atom is 0.282 e. The van der Waals surface area contributed by atoms with Gasteiger partial charge in [-0.25, -0.2) is 0 Å². The van der Waals surface area contributed by atoms with E-state index in [1.807, 2.05) is 32.6 Å². The van der Waals surface area contributed by atoms with Crippen molar-refractivity contribution >= 4 is 16.1 Å². The molecule has 2 rings (SSSR count). The Balaban J connectivity index is 1.85. The van der Waals surface area contributed by atoms with Crippen molar-refractivity contribution in [2.45, 2.75) is 52.4 Å². The highest BCUT2D eigenvalue weighted by atomic mass is 32.2. The fourth-order valence-electron chi connectivity index (χ4n) is 3.23. The van der Waals surface area contributed by atoms with Crippen molar-refractivity contribution in [3.05, 3.63) is 0 Å². The van der Waals surface area contributed by atoms with E-state index in [2.05, 4.69) is 5.32 Å². The number of nitrogens with zero attached hydrogens (tertiary/aromatic N) is 3. The molecule has 8 nitrogen and oxygen atoms in total. The highest BCUT2D eigenvalue weighted by Crippen LogP contribution is 2.18. The van der Waals surface area contributed by atoms with Gasteiger partial charge in [-0.1, -0.05) is 6.92 Å². The van der Waals surface area contributed by atoms with Crippen LogP contribution >= 0.6 is 0 Å². The normalized spacial score (nSPS) is 28.6. The molecule has 0 spiro atoms. The number of morpholine rings is 1. The van der Waals surface area contributed by atoms with Gasteiger partial charge in [0.1, 0.15) is 0 Å². The van der Waals surface area contributed by atoms with Gasteiger partial charge in [-0.2, -0.15) is 17.0 Å². The van der Waals surface area contributed by atoms with E-state index < -0.39 is 10.2 Å². The van der Waals surface area contributed by atoms with E-state index in [0.29, 0.717) is 45.8 Å². The van der Waals surface area contributed by atoms with Crippen LogP contribution in [-0.2, 0) is 19.7 Å². The first-order valence-electron chi connectivity index (χ1n) is 9.14. The lowest BCUT2D eigenvalue weighted by Crippen LogP contribution is -2.57. The SMILES string of the molecule is CC[C@H](C)NC(=O)CN1CCN(S(=O)(=O)N2C[C@@H](C)O[C@H](C)C2)CC1. The lowest BCUT2D eigenvalue weighted by Gasteiger charge is -2.40. The largest absolute Gasteiger partial charge is 0.373 e. The number of hydrogen-bond donors (Lipinski definition) is 1. The molecule has 2 fully saturated rings. The van der Waals surface area contributed by atoms with Crippen molar-refractivity contribution in [2.75, 3.05) is 45.8 Å². The summed E-state index contributed by atoms with van der Waals surface area (Å²) >= 11 is 0. The maximum atomic E-state index is 12.8. The van der Waals surface area contributed by atoms with Crippen LogP contribution in [-0.4, -0.2) is 91.9 Å². The molecule has 9 heteroatoms. The van der Waals surface area contributed by atoms with Crippen LogP contribution in [0.2, 0.25) is 0 Å². The van der Waals surface area contributed by atoms with Gasteiger partial charge in [0.05, 0.1) is 18.8 Å². The van der Waals surface area contributed by atoms with Crippen molar-refractivity contribution in [3.63, 3.8) is 0 Å². The molecule has 2 aliphatic heterocycles. The minimum Gasteiger partial charge on any atom is -0.373 e. The summed E-state index contributed by atoms with van der Waals surface area (Å²) in [4.78, 5) is 14.0. The molecule has 0 saturated carbocycles. The summed E-state index contributed by atoms with van der Waals surface area (Å²) in [6.07, 6.45) is 0.710. The topological polar surface area (TPSA) is 82.2 Å². The number of ether oxygens (including phenoxy) is 1. The van der Waals surface area contributed by atoms with Crippen LogP contribution in [0.15, 0.2) is 0 Å². The minimum atomic E-state index is -3.47. The van der Waals surface area contributed by atoms with E-state index in [-0.39, 0.29) is 24.2 Å². The third-order valence-electron chi connectivity index (χ3n) is 4.76. The van der Waals surface area contributed by atoms with E-state index in [9.17, 15) is 13.2 Å². The summed E-state index contributed by atoms with van der Waals surface area (Å²) < 4.78 is 34.4. The van der Waals surface area contributed by atoms with Crippen molar-refractivity contribution in [1.29, 1.82) is 0 Å². The zero-order valence-corrected chi connectivity index (χ0v) is 16.6. The monoisotopic (exact) mass is 376 g/mol. The summed E-state index contributed by atoms with van der Waals surface area (Å²) in [5, 5.41) is 2.95. The molecule has 0 aliphatic carbocycles. The van der Waals surface area contributed by atoms with Crippen LogP contribution in [0.3, 0.4) is 0 Å². The molecule has 2 heterocycles. The molecule has 25 heavy (non-hydrogen) atoms. The second-order valence-corrected chi connectivity index (χ2v) is 9.06. The van der Waals surface area contributed by atoms with Crippen LogP contribution in [0.1, 0.15) is 34.1 Å². The van der Waals surface area contributed by atoms with Gasteiger partial charge in [-0.05, 0) is 27.2 Å². The Hall–Kier alpha value is -0.740. The Morgan fingerprint density at radius 1 is 1.12 bits per heavy atom. The van der Waals surface area contributed by atoms with Crippen molar-refractivity contribution in [1.82, 2.24) is 18.8 Å². The molecule has 0 unspecified atom stereocenters. The molecule has 0 aromatic heterocycles. The molecule has 0 radical (unpaired) electrons. The number of carbonyl (C=O) groups is 1. The van der Waals surface area contributed by atoms with Gasteiger partial charge < -0.3 is 10.1 Å². The first-order valence-corrected chi connectivity index (χ1v) is 10.5. The molecule has 146 valence electrons. The molecule has 0 aromatic carbocycles. The molecule has 2 saturated heterocycles. The van der Waals surface area contributed by atoms with Crippen LogP contribution in [0.5, 0.6) is 0 Å². The van der Waals surface area contributed by atoms with E-state index in [1.54, 1.807) is 0 Å². The quantitative estimate of drug-likeness (QED) is 0.698. The fourth-order valence-corrected chi connectivity index (χ4v) is 4.97. The lowest BCUT2D eigenvalue weighted by atomic mass is 10.2. The first-order chi connectivity index (χ1) is 11.7. The second-order valence-electron chi connectivity index (χ2n) is 7.13. The van der Waals surface area contributed by atoms with E-state index in [1.165, 1.54) is 8.61 Å². The number of amides is 1. The average molecular weight is 377 g/mol. The van der Waals surface area contributed by atoms with Crippen LogP contribution in [0.25, 0.3) is 0 Å². The van der Waals surface area contributed by atoms with E-state index >= 15 is 0 Å². The zero-order chi connectivity index (χ0) is 18.6. The van der Waals surface area contributed by atoms with Gasteiger partial charge in [0.25, 0.3) is 10.2 Å². The number of hydrogen-bond acceptors (Lipinski definition) is 5. The Bertz CT molecular complexity index is 538. The van der Waals surface area contributed by atoms with Gasteiger partial charge in [0.15, 0.2) is 0 Å². The lowest BCUT2D eigenvalue weighted by molar-refractivity contribution is -0.123. The molecular weight excluding hydrogens is 344 g/mol. The highest BCUT2D eigenvalue weighted by Gasteiger charge is 2.36. The Kier molecular flexibility index (Phi) is 7.21. The van der Waals surface area contributed by atoms with Gasteiger partial charge in [-0.15, -0.1) is 0 Å². The third-order valence-corrected chi connectivity index (χ3v) is 6.73. The van der Waals surface area contributed by atoms with Gasteiger partial charge >= 0.3 is 0 Å². The van der Waals surface area contributed by atoms with Gasteiger partial charge in [-0.3, -0.25) is 9.69 Å². The Morgan fingerprint density at radius 3 is 2.20 bits per heavy atom. The molecular formula is C16H32N4O4S. The molecule has 1 N–H and O–H groups in total. The molecule has 2 aliphatic rings. The molecule has 1 amide bonds. The van der Waals surface area contributed by atoms with E-state index in [0.717, 1.165) is 6.42 Å². The second kappa shape index (κ2) is 8.77. The number of rotatable bonds is 6. The Labute approximate surface area is 151 Å². The standard InChI is InChI=1S/C16H32N4O4S/c1-5-13(2)17-16(21)12-18-6-8-19(9-7-18)25(22,23)20-10-14(3)24-15(4)11-20/h13-15H,5-12H2,1-4H3,(H,17,21)/t13-,14+,15+/m0/s1. The van der Waals surface area contributed by atoms with Crippen molar-refractivity contribution in [3.8, 4) is 0 Å². The van der Waals surface area contributed by atoms with Crippen molar-refractivity contribution in [2.24, 2.45) is 0 Å². The minimum absolute atomic E-state index is 0.00138. The molecule has 3 atom stereocenters. The molecule has 0 aromatic rings. The van der Waals surface area contributed by atoms with Gasteiger partial charge in [0.2, 0.25) is 5.91 Å². The average Bonchev–Trinajstić information content (AvgIpc) is 2.54. The highest BCUT2D eigenvalue weighted by molar-refractivity contribution is 7.86. The molecule has 0 bridgehead atoms. The van der Waals surface area contributed by atoms with Gasteiger partial charge in [0, 0.05) is 45.3 Å². The maximum absolute atomic E-state index is 12.8. The third kappa shape index (κ3) is 5.62. The zero-order valence-electron chi connectivity index (χ0n) is 15.8.